The van der Waals surface area contributed by atoms with Crippen LogP contribution in [0.25, 0.3) is 6.08 Å². The van der Waals surface area contributed by atoms with Crippen LogP contribution in [0.2, 0.25) is 0 Å². The molecule has 0 atom stereocenters. The van der Waals surface area contributed by atoms with Crippen molar-refractivity contribution in [1.82, 2.24) is 4.90 Å². The van der Waals surface area contributed by atoms with E-state index in [4.69, 9.17) is 0 Å². The molecule has 0 fully saturated rings. The molecule has 0 N–H and O–H groups in total. The van der Waals surface area contributed by atoms with E-state index in [9.17, 15) is 0 Å². The average molecular weight is 203 g/mol. The molecular formula is C14H21N. The van der Waals surface area contributed by atoms with E-state index in [1.165, 1.54) is 11.1 Å². The first-order valence-electron chi connectivity index (χ1n) is 5.81. The highest BCUT2D eigenvalue weighted by molar-refractivity contribution is 5.53. The molecule has 15 heavy (non-hydrogen) atoms. The first-order chi connectivity index (χ1) is 7.31. The van der Waals surface area contributed by atoms with Gasteiger partial charge < -0.3 is 4.90 Å². The summed E-state index contributed by atoms with van der Waals surface area (Å²) >= 11 is 0. The molecule has 0 aromatic heterocycles. The smallest absolute Gasteiger partial charge is 0.0143 e. The third-order valence-electron chi connectivity index (χ3n) is 2.71. The van der Waals surface area contributed by atoms with E-state index in [1.54, 1.807) is 0 Å². The van der Waals surface area contributed by atoms with Gasteiger partial charge in [0.15, 0.2) is 0 Å². The van der Waals surface area contributed by atoms with Gasteiger partial charge in [-0.15, -0.1) is 0 Å². The summed E-state index contributed by atoms with van der Waals surface area (Å²) in [5.41, 5.74) is 2.76. The van der Waals surface area contributed by atoms with Gasteiger partial charge in [0.25, 0.3) is 0 Å². The van der Waals surface area contributed by atoms with E-state index in [0.29, 0.717) is 0 Å². The van der Waals surface area contributed by atoms with Gasteiger partial charge in [0.05, 0.1) is 0 Å². The van der Waals surface area contributed by atoms with Crippen LogP contribution in [0.1, 0.15) is 31.9 Å². The molecule has 0 aliphatic rings. The largest absolute Gasteiger partial charge is 0.378 e. The van der Waals surface area contributed by atoms with Gasteiger partial charge in [-0.3, -0.25) is 0 Å². The van der Waals surface area contributed by atoms with Crippen molar-refractivity contribution < 1.29 is 0 Å². The maximum Gasteiger partial charge on any atom is 0.0143 e. The zero-order valence-electron chi connectivity index (χ0n) is 10.0. The highest BCUT2D eigenvalue weighted by atomic mass is 15.1. The Morgan fingerprint density at radius 3 is 2.33 bits per heavy atom. The molecule has 1 aromatic carbocycles. The lowest BCUT2D eigenvalue weighted by molar-refractivity contribution is 0.421. The normalized spacial score (nSPS) is 10.9. The fourth-order valence-corrected chi connectivity index (χ4v) is 1.64. The second kappa shape index (κ2) is 6.28. The molecule has 1 aromatic rings. The molecule has 0 unspecified atom stereocenters. The molecule has 1 rings (SSSR count). The number of rotatable bonds is 5. The molecule has 0 aliphatic heterocycles. The minimum Gasteiger partial charge on any atom is -0.378 e. The van der Waals surface area contributed by atoms with E-state index in [2.05, 4.69) is 62.2 Å². The summed E-state index contributed by atoms with van der Waals surface area (Å²) in [6, 6.07) is 8.58. The third kappa shape index (κ3) is 3.43. The van der Waals surface area contributed by atoms with Gasteiger partial charge in [0.1, 0.15) is 0 Å². The van der Waals surface area contributed by atoms with Crippen LogP contribution in [-0.2, 0) is 6.42 Å². The maximum absolute atomic E-state index is 2.30. The van der Waals surface area contributed by atoms with Crippen molar-refractivity contribution in [2.75, 3.05) is 13.1 Å². The first kappa shape index (κ1) is 11.8. The van der Waals surface area contributed by atoms with Crippen LogP contribution in [0, 0.1) is 0 Å². The predicted octanol–water partition coefficient (Wildman–Crippen LogP) is 3.56. The summed E-state index contributed by atoms with van der Waals surface area (Å²) in [5, 5.41) is 0. The summed E-state index contributed by atoms with van der Waals surface area (Å²) in [6.45, 7) is 8.70. The number of hydrogen-bond acceptors (Lipinski definition) is 1. The van der Waals surface area contributed by atoms with Gasteiger partial charge >= 0.3 is 0 Å². The van der Waals surface area contributed by atoms with Gasteiger partial charge in [-0.1, -0.05) is 31.2 Å². The van der Waals surface area contributed by atoms with Crippen molar-refractivity contribution in [1.29, 1.82) is 0 Å². The lowest BCUT2D eigenvalue weighted by Crippen LogP contribution is -2.14. The fourth-order valence-electron chi connectivity index (χ4n) is 1.64. The number of hydrogen-bond donors (Lipinski definition) is 0. The SMILES string of the molecule is CCc1ccccc1C=CN(CC)CC. The summed E-state index contributed by atoms with van der Waals surface area (Å²) in [5.74, 6) is 0. The molecule has 0 aliphatic carbocycles. The number of nitrogens with zero attached hydrogens (tertiary/aromatic N) is 1. The van der Waals surface area contributed by atoms with Crippen LogP contribution in [0.3, 0.4) is 0 Å². The molecule has 0 amide bonds. The first-order valence-corrected chi connectivity index (χ1v) is 5.81. The quantitative estimate of drug-likeness (QED) is 0.707. The van der Waals surface area contributed by atoms with Crippen LogP contribution in [-0.4, -0.2) is 18.0 Å². The Morgan fingerprint density at radius 2 is 1.73 bits per heavy atom. The summed E-state index contributed by atoms with van der Waals surface area (Å²) in [6.07, 6.45) is 5.50. The van der Waals surface area contributed by atoms with Crippen molar-refractivity contribution in [3.8, 4) is 0 Å². The lowest BCUT2D eigenvalue weighted by atomic mass is 10.1. The number of benzene rings is 1. The highest BCUT2D eigenvalue weighted by Gasteiger charge is 1.95. The minimum absolute atomic E-state index is 1.07. The minimum atomic E-state index is 1.07. The fraction of sp³-hybridized carbons (Fsp3) is 0.429. The van der Waals surface area contributed by atoms with Crippen LogP contribution in [0.15, 0.2) is 30.5 Å². The van der Waals surface area contributed by atoms with E-state index in [0.717, 1.165) is 19.5 Å². The Kier molecular flexibility index (Phi) is 4.96. The van der Waals surface area contributed by atoms with Crippen LogP contribution < -0.4 is 0 Å². The monoisotopic (exact) mass is 203 g/mol. The summed E-state index contributed by atoms with van der Waals surface area (Å²) in [7, 11) is 0. The van der Waals surface area contributed by atoms with Crippen LogP contribution in [0.4, 0.5) is 0 Å². The molecule has 1 nitrogen and oxygen atoms in total. The molecule has 0 saturated carbocycles. The van der Waals surface area contributed by atoms with Gasteiger partial charge in [-0.25, -0.2) is 0 Å². The second-order valence-electron chi connectivity index (χ2n) is 3.59. The zero-order chi connectivity index (χ0) is 11.1. The molecule has 0 heterocycles. The standard InChI is InChI=1S/C14H21N/c1-4-13-9-7-8-10-14(13)11-12-15(5-2)6-3/h7-12H,4-6H2,1-3H3. The van der Waals surface area contributed by atoms with Crippen molar-refractivity contribution in [2.45, 2.75) is 27.2 Å². The topological polar surface area (TPSA) is 3.24 Å². The highest BCUT2D eigenvalue weighted by Crippen LogP contribution is 2.11. The number of aryl methyl sites for hydroxylation is 1. The maximum atomic E-state index is 2.30. The van der Waals surface area contributed by atoms with E-state index >= 15 is 0 Å². The van der Waals surface area contributed by atoms with Crippen molar-refractivity contribution in [3.63, 3.8) is 0 Å². The van der Waals surface area contributed by atoms with Crippen molar-refractivity contribution in [3.05, 3.63) is 41.6 Å². The molecule has 82 valence electrons. The van der Waals surface area contributed by atoms with Crippen molar-refractivity contribution >= 4 is 6.08 Å². The summed E-state index contributed by atoms with van der Waals surface area (Å²) in [4.78, 5) is 2.30. The van der Waals surface area contributed by atoms with E-state index in [1.807, 2.05) is 0 Å². The predicted molar refractivity (Wildman–Crippen MR) is 67.8 cm³/mol. The third-order valence-corrected chi connectivity index (χ3v) is 2.71. The molecular weight excluding hydrogens is 182 g/mol. The molecule has 0 radical (unpaired) electrons. The molecule has 0 saturated heterocycles. The Bertz CT molecular complexity index is 311. The molecule has 0 bridgehead atoms. The van der Waals surface area contributed by atoms with Crippen LogP contribution in [0.5, 0.6) is 0 Å². The average Bonchev–Trinajstić information content (AvgIpc) is 2.31. The summed E-state index contributed by atoms with van der Waals surface area (Å²) < 4.78 is 0. The second-order valence-corrected chi connectivity index (χ2v) is 3.59. The molecule has 0 spiro atoms. The Hall–Kier alpha value is -1.24. The van der Waals surface area contributed by atoms with Gasteiger partial charge in [-0.2, -0.15) is 0 Å². The van der Waals surface area contributed by atoms with Gasteiger partial charge in [-0.05, 0) is 43.7 Å². The van der Waals surface area contributed by atoms with E-state index in [-0.39, 0.29) is 0 Å². The van der Waals surface area contributed by atoms with Crippen molar-refractivity contribution in [2.24, 2.45) is 0 Å². The van der Waals surface area contributed by atoms with Gasteiger partial charge in [0, 0.05) is 13.1 Å². The lowest BCUT2D eigenvalue weighted by Gasteiger charge is -2.15. The Balaban J connectivity index is 2.78. The molecule has 1 heteroatoms. The Labute approximate surface area is 93.4 Å². The van der Waals surface area contributed by atoms with Crippen LogP contribution >= 0.6 is 0 Å². The Morgan fingerprint density at radius 1 is 1.07 bits per heavy atom. The van der Waals surface area contributed by atoms with Gasteiger partial charge in [0.2, 0.25) is 0 Å². The zero-order valence-corrected chi connectivity index (χ0v) is 10.0. The van der Waals surface area contributed by atoms with E-state index < -0.39 is 0 Å².